The van der Waals surface area contributed by atoms with Crippen LogP contribution in [0.5, 0.6) is 0 Å². The maximum Gasteiger partial charge on any atom is 0.221 e. The van der Waals surface area contributed by atoms with Gasteiger partial charge in [-0.15, -0.1) is 0 Å². The van der Waals surface area contributed by atoms with Crippen LogP contribution in [0.25, 0.3) is 16.6 Å². The third kappa shape index (κ3) is 3.19. The van der Waals surface area contributed by atoms with Gasteiger partial charge < -0.3 is 15.5 Å². The molecule has 6 heteroatoms. The molecule has 1 saturated heterocycles. The van der Waals surface area contributed by atoms with Crippen molar-refractivity contribution in [2.75, 3.05) is 36.4 Å². The number of aromatic nitrogens is 1. The van der Waals surface area contributed by atoms with Crippen molar-refractivity contribution in [2.45, 2.75) is 6.92 Å². The summed E-state index contributed by atoms with van der Waals surface area (Å²) in [5, 5.41) is 7.13. The number of carbonyl (C=O) groups excluding carboxylic acids is 2. The molecule has 138 valence electrons. The van der Waals surface area contributed by atoms with Crippen LogP contribution in [-0.4, -0.2) is 42.9 Å². The molecule has 0 unspecified atom stereocenters. The van der Waals surface area contributed by atoms with E-state index in [9.17, 15) is 9.59 Å². The SMILES string of the molecule is CC(=O)Nc1cccc(-n2c(N3CCNCC3)c(C=O)c3ccccc32)c1. The first-order valence-corrected chi connectivity index (χ1v) is 9.11. The highest BCUT2D eigenvalue weighted by molar-refractivity contribution is 6.05. The van der Waals surface area contributed by atoms with Crippen LogP contribution in [0.2, 0.25) is 0 Å². The molecule has 0 saturated carbocycles. The smallest absolute Gasteiger partial charge is 0.221 e. The number of hydrogen-bond donors (Lipinski definition) is 2. The van der Waals surface area contributed by atoms with Crippen LogP contribution in [-0.2, 0) is 4.79 Å². The van der Waals surface area contributed by atoms with E-state index >= 15 is 0 Å². The number of fused-ring (bicyclic) bond motifs is 1. The number of aldehydes is 1. The van der Waals surface area contributed by atoms with Crippen molar-refractivity contribution in [1.29, 1.82) is 0 Å². The number of hydrogen-bond acceptors (Lipinski definition) is 4. The minimum absolute atomic E-state index is 0.111. The van der Waals surface area contributed by atoms with Crippen LogP contribution >= 0.6 is 0 Å². The minimum atomic E-state index is -0.111. The van der Waals surface area contributed by atoms with Gasteiger partial charge in [0, 0.05) is 49.9 Å². The van der Waals surface area contributed by atoms with Gasteiger partial charge in [0.05, 0.1) is 11.1 Å². The molecule has 0 aliphatic carbocycles. The molecule has 4 rings (SSSR count). The number of nitrogens with zero attached hydrogens (tertiary/aromatic N) is 2. The molecule has 1 aliphatic rings. The Labute approximate surface area is 157 Å². The van der Waals surface area contributed by atoms with Crippen molar-refractivity contribution >= 4 is 34.6 Å². The fraction of sp³-hybridized carbons (Fsp3) is 0.238. The Morgan fingerprint density at radius 2 is 1.89 bits per heavy atom. The quantitative estimate of drug-likeness (QED) is 0.701. The van der Waals surface area contributed by atoms with Gasteiger partial charge in [-0.3, -0.25) is 14.2 Å². The molecule has 1 amide bonds. The van der Waals surface area contributed by atoms with Crippen LogP contribution in [0.3, 0.4) is 0 Å². The second kappa shape index (κ2) is 7.25. The van der Waals surface area contributed by atoms with Crippen molar-refractivity contribution in [2.24, 2.45) is 0 Å². The fourth-order valence-electron chi connectivity index (χ4n) is 3.74. The summed E-state index contributed by atoms with van der Waals surface area (Å²) in [6.45, 7) is 4.93. The molecule has 2 N–H and O–H groups in total. The van der Waals surface area contributed by atoms with Crippen LogP contribution < -0.4 is 15.5 Å². The van der Waals surface area contributed by atoms with E-state index in [-0.39, 0.29) is 5.91 Å². The number of anilines is 2. The predicted molar refractivity (Wildman–Crippen MR) is 108 cm³/mol. The summed E-state index contributed by atoms with van der Waals surface area (Å²) in [6, 6.07) is 15.7. The number of rotatable bonds is 4. The summed E-state index contributed by atoms with van der Waals surface area (Å²) in [7, 11) is 0. The zero-order chi connectivity index (χ0) is 18.8. The van der Waals surface area contributed by atoms with E-state index in [1.165, 1.54) is 6.92 Å². The highest BCUT2D eigenvalue weighted by Gasteiger charge is 2.24. The molecule has 1 fully saturated rings. The molecule has 27 heavy (non-hydrogen) atoms. The summed E-state index contributed by atoms with van der Waals surface area (Å²) < 4.78 is 2.12. The lowest BCUT2D eigenvalue weighted by molar-refractivity contribution is -0.114. The predicted octanol–water partition coefficient (Wildman–Crippen LogP) is 2.81. The highest BCUT2D eigenvalue weighted by Crippen LogP contribution is 2.35. The summed E-state index contributed by atoms with van der Waals surface area (Å²) in [4.78, 5) is 25.7. The molecule has 2 heterocycles. The van der Waals surface area contributed by atoms with Crippen molar-refractivity contribution < 1.29 is 9.59 Å². The first kappa shape index (κ1) is 17.3. The van der Waals surface area contributed by atoms with E-state index < -0.39 is 0 Å². The molecule has 0 spiro atoms. The van der Waals surface area contributed by atoms with Crippen molar-refractivity contribution in [1.82, 2.24) is 9.88 Å². The largest absolute Gasteiger partial charge is 0.355 e. The topological polar surface area (TPSA) is 66.4 Å². The Hall–Kier alpha value is -3.12. The summed E-state index contributed by atoms with van der Waals surface area (Å²) in [6.07, 6.45) is 0.952. The molecule has 1 aromatic heterocycles. The highest BCUT2D eigenvalue weighted by atomic mass is 16.1. The number of carbonyl (C=O) groups is 2. The molecule has 1 aliphatic heterocycles. The normalized spacial score (nSPS) is 14.3. The average Bonchev–Trinajstić information content (AvgIpc) is 3.02. The summed E-state index contributed by atoms with van der Waals surface area (Å²) in [5.74, 6) is 0.799. The van der Waals surface area contributed by atoms with E-state index in [0.717, 1.165) is 60.6 Å². The maximum absolute atomic E-state index is 12.0. The Kier molecular flexibility index (Phi) is 4.64. The minimum Gasteiger partial charge on any atom is -0.355 e. The number of nitrogens with one attached hydrogen (secondary N) is 2. The van der Waals surface area contributed by atoms with Gasteiger partial charge in [-0.05, 0) is 24.3 Å². The lowest BCUT2D eigenvalue weighted by Gasteiger charge is -2.31. The van der Waals surface area contributed by atoms with Crippen molar-refractivity contribution in [3.63, 3.8) is 0 Å². The molecule has 0 bridgehead atoms. The summed E-state index contributed by atoms with van der Waals surface area (Å²) in [5.41, 5.74) is 3.33. The molecule has 6 nitrogen and oxygen atoms in total. The van der Waals surface area contributed by atoms with Gasteiger partial charge in [0.2, 0.25) is 5.91 Å². The lowest BCUT2D eigenvalue weighted by Crippen LogP contribution is -2.44. The third-order valence-corrected chi connectivity index (χ3v) is 4.85. The van der Waals surface area contributed by atoms with Crippen LogP contribution in [0, 0.1) is 0 Å². The maximum atomic E-state index is 12.0. The van der Waals surface area contributed by atoms with Crippen LogP contribution in [0.15, 0.2) is 48.5 Å². The Balaban J connectivity index is 1.96. The van der Waals surface area contributed by atoms with Gasteiger partial charge in [-0.1, -0.05) is 24.3 Å². The number of amides is 1. The Bertz CT molecular complexity index is 1000. The van der Waals surface area contributed by atoms with Crippen molar-refractivity contribution in [3.8, 4) is 5.69 Å². The second-order valence-electron chi connectivity index (χ2n) is 6.68. The lowest BCUT2D eigenvalue weighted by atomic mass is 10.2. The Morgan fingerprint density at radius 3 is 2.63 bits per heavy atom. The standard InChI is InChI=1S/C21H22N4O2/c1-15(27)23-16-5-4-6-17(13-16)25-20-8-3-2-7-18(20)19(14-26)21(25)24-11-9-22-10-12-24/h2-8,13-14,22H,9-12H2,1H3,(H,23,27). The molecular weight excluding hydrogens is 340 g/mol. The Morgan fingerprint density at radius 1 is 1.11 bits per heavy atom. The van der Waals surface area contributed by atoms with Crippen LogP contribution in [0.1, 0.15) is 17.3 Å². The number of benzene rings is 2. The van der Waals surface area contributed by atoms with Crippen molar-refractivity contribution in [3.05, 3.63) is 54.1 Å². The second-order valence-corrected chi connectivity index (χ2v) is 6.68. The first-order chi connectivity index (χ1) is 13.2. The monoisotopic (exact) mass is 362 g/mol. The van der Waals surface area contributed by atoms with Gasteiger partial charge in [0.15, 0.2) is 6.29 Å². The average molecular weight is 362 g/mol. The van der Waals surface area contributed by atoms with Gasteiger partial charge in [0.1, 0.15) is 5.82 Å². The first-order valence-electron chi connectivity index (χ1n) is 9.11. The molecule has 2 aromatic carbocycles. The van der Waals surface area contributed by atoms with Gasteiger partial charge in [-0.25, -0.2) is 0 Å². The van der Waals surface area contributed by atoms with E-state index in [1.54, 1.807) is 0 Å². The fourth-order valence-corrected chi connectivity index (χ4v) is 3.74. The number of piperazine rings is 1. The molecular formula is C21H22N4O2. The van der Waals surface area contributed by atoms with E-state index in [2.05, 4.69) is 20.1 Å². The van der Waals surface area contributed by atoms with Gasteiger partial charge in [-0.2, -0.15) is 0 Å². The van der Waals surface area contributed by atoms with Gasteiger partial charge in [0.25, 0.3) is 0 Å². The molecule has 3 aromatic rings. The zero-order valence-corrected chi connectivity index (χ0v) is 15.2. The van der Waals surface area contributed by atoms with Gasteiger partial charge >= 0.3 is 0 Å². The third-order valence-electron chi connectivity index (χ3n) is 4.85. The zero-order valence-electron chi connectivity index (χ0n) is 15.2. The molecule has 0 radical (unpaired) electrons. The number of para-hydroxylation sites is 1. The summed E-state index contributed by atoms with van der Waals surface area (Å²) >= 11 is 0. The van der Waals surface area contributed by atoms with E-state index in [0.29, 0.717) is 5.56 Å². The van der Waals surface area contributed by atoms with E-state index in [4.69, 9.17) is 0 Å². The van der Waals surface area contributed by atoms with E-state index in [1.807, 2.05) is 48.5 Å². The molecule has 0 atom stereocenters. The van der Waals surface area contributed by atoms with Crippen LogP contribution in [0.4, 0.5) is 11.5 Å².